The Balaban J connectivity index is 2.28. The molecule has 1 amide bonds. The fourth-order valence-corrected chi connectivity index (χ4v) is 2.01. The van der Waals surface area contributed by atoms with Crippen LogP contribution in [0.3, 0.4) is 0 Å². The van der Waals surface area contributed by atoms with Crippen molar-refractivity contribution in [1.82, 2.24) is 5.16 Å². The van der Waals surface area contributed by atoms with Crippen LogP contribution in [-0.4, -0.2) is 11.1 Å². The third-order valence-electron chi connectivity index (χ3n) is 2.72. The Bertz CT molecular complexity index is 605. The molecular formula is C14H15ClN2O2. The number of hydrogen-bond donors (Lipinski definition) is 1. The van der Waals surface area contributed by atoms with E-state index in [1.54, 1.807) is 31.2 Å². The van der Waals surface area contributed by atoms with E-state index in [2.05, 4.69) is 10.5 Å². The van der Waals surface area contributed by atoms with Gasteiger partial charge in [0.1, 0.15) is 5.56 Å². The smallest absolute Gasteiger partial charge is 0.261 e. The molecule has 0 bridgehead atoms. The average Bonchev–Trinajstić information content (AvgIpc) is 2.71. The van der Waals surface area contributed by atoms with E-state index in [-0.39, 0.29) is 11.8 Å². The molecule has 2 rings (SSSR count). The van der Waals surface area contributed by atoms with E-state index in [1.807, 2.05) is 13.8 Å². The van der Waals surface area contributed by atoms with Gasteiger partial charge in [0.25, 0.3) is 5.91 Å². The van der Waals surface area contributed by atoms with Crippen molar-refractivity contribution >= 4 is 23.2 Å². The second-order valence-corrected chi connectivity index (χ2v) is 5.06. The molecule has 5 heteroatoms. The van der Waals surface area contributed by atoms with E-state index < -0.39 is 0 Å². The van der Waals surface area contributed by atoms with Gasteiger partial charge in [-0.25, -0.2) is 0 Å². The number of hydrogen-bond acceptors (Lipinski definition) is 3. The summed E-state index contributed by atoms with van der Waals surface area (Å²) in [6, 6.07) is 7.00. The lowest BCUT2D eigenvalue weighted by Crippen LogP contribution is -2.14. The highest BCUT2D eigenvalue weighted by molar-refractivity contribution is 6.31. The number of aromatic nitrogens is 1. The molecule has 0 atom stereocenters. The minimum atomic E-state index is -0.232. The molecule has 1 N–H and O–H groups in total. The first-order valence-electron chi connectivity index (χ1n) is 6.02. The maximum Gasteiger partial charge on any atom is 0.261 e. The first-order chi connectivity index (χ1) is 8.99. The molecule has 0 saturated heterocycles. The van der Waals surface area contributed by atoms with Gasteiger partial charge in [-0.2, -0.15) is 0 Å². The number of amides is 1. The molecular weight excluding hydrogens is 264 g/mol. The molecule has 0 aliphatic rings. The van der Waals surface area contributed by atoms with Crippen molar-refractivity contribution in [2.45, 2.75) is 26.7 Å². The highest BCUT2D eigenvalue weighted by Crippen LogP contribution is 2.24. The molecule has 0 radical (unpaired) electrons. The Kier molecular flexibility index (Phi) is 3.90. The molecule has 2 aromatic rings. The van der Waals surface area contributed by atoms with Crippen LogP contribution in [0.2, 0.25) is 5.02 Å². The van der Waals surface area contributed by atoms with Crippen LogP contribution < -0.4 is 5.32 Å². The highest BCUT2D eigenvalue weighted by Gasteiger charge is 2.22. The van der Waals surface area contributed by atoms with E-state index in [0.717, 1.165) is 0 Å². The van der Waals surface area contributed by atoms with Crippen LogP contribution in [0.25, 0.3) is 0 Å². The summed E-state index contributed by atoms with van der Waals surface area (Å²) in [5.74, 6) is 0.461. The van der Waals surface area contributed by atoms with Crippen LogP contribution >= 0.6 is 11.6 Å². The molecule has 0 saturated carbocycles. The van der Waals surface area contributed by atoms with E-state index in [9.17, 15) is 4.79 Å². The summed E-state index contributed by atoms with van der Waals surface area (Å²) < 4.78 is 5.20. The Morgan fingerprint density at radius 1 is 1.42 bits per heavy atom. The van der Waals surface area contributed by atoms with Gasteiger partial charge in [0, 0.05) is 16.6 Å². The van der Waals surface area contributed by atoms with Crippen molar-refractivity contribution < 1.29 is 9.32 Å². The van der Waals surface area contributed by atoms with Gasteiger partial charge >= 0.3 is 0 Å². The summed E-state index contributed by atoms with van der Waals surface area (Å²) in [6.45, 7) is 5.66. The number of benzene rings is 1. The number of carbonyl (C=O) groups is 1. The Morgan fingerprint density at radius 3 is 2.79 bits per heavy atom. The van der Waals surface area contributed by atoms with Crippen molar-refractivity contribution in [2.75, 3.05) is 5.32 Å². The predicted molar refractivity (Wildman–Crippen MR) is 74.7 cm³/mol. The van der Waals surface area contributed by atoms with Gasteiger partial charge in [-0.1, -0.05) is 36.7 Å². The van der Waals surface area contributed by atoms with Gasteiger partial charge in [0.2, 0.25) is 0 Å². The number of halogens is 1. The Labute approximate surface area is 116 Å². The van der Waals surface area contributed by atoms with E-state index >= 15 is 0 Å². The minimum absolute atomic E-state index is 0.0984. The van der Waals surface area contributed by atoms with Gasteiger partial charge < -0.3 is 9.84 Å². The molecule has 0 aliphatic carbocycles. The van der Waals surface area contributed by atoms with Crippen molar-refractivity contribution in [2.24, 2.45) is 0 Å². The molecule has 1 heterocycles. The molecule has 19 heavy (non-hydrogen) atoms. The third kappa shape index (κ3) is 2.96. The first kappa shape index (κ1) is 13.6. The highest BCUT2D eigenvalue weighted by atomic mass is 35.5. The summed E-state index contributed by atoms with van der Waals surface area (Å²) >= 11 is 5.88. The lowest BCUT2D eigenvalue weighted by molar-refractivity contribution is 0.102. The van der Waals surface area contributed by atoms with Crippen LogP contribution in [0.4, 0.5) is 5.69 Å². The summed E-state index contributed by atoms with van der Waals surface area (Å²) in [6.07, 6.45) is 0. The standard InChI is InChI=1S/C14H15ClN2O2/c1-8(2)13-12(9(3)17-19-13)14(18)16-11-6-4-5-10(15)7-11/h4-8H,1-3H3,(H,16,18). The van der Waals surface area contributed by atoms with E-state index in [4.69, 9.17) is 16.1 Å². The van der Waals surface area contributed by atoms with Crippen molar-refractivity contribution in [3.63, 3.8) is 0 Å². The molecule has 100 valence electrons. The minimum Gasteiger partial charge on any atom is -0.360 e. The topological polar surface area (TPSA) is 55.1 Å². The van der Waals surface area contributed by atoms with Gasteiger partial charge in [0.05, 0.1) is 5.69 Å². The fraction of sp³-hybridized carbons (Fsp3) is 0.286. The van der Waals surface area contributed by atoms with Gasteiger partial charge in [-0.15, -0.1) is 0 Å². The second kappa shape index (κ2) is 5.45. The number of aryl methyl sites for hydroxylation is 1. The Morgan fingerprint density at radius 2 is 2.16 bits per heavy atom. The average molecular weight is 279 g/mol. The van der Waals surface area contributed by atoms with Crippen molar-refractivity contribution in [3.05, 3.63) is 46.3 Å². The summed E-state index contributed by atoms with van der Waals surface area (Å²) in [4.78, 5) is 12.3. The zero-order valence-corrected chi connectivity index (χ0v) is 11.8. The van der Waals surface area contributed by atoms with Crippen LogP contribution in [0.15, 0.2) is 28.8 Å². The van der Waals surface area contributed by atoms with Gasteiger partial charge in [-0.3, -0.25) is 4.79 Å². The summed E-state index contributed by atoms with van der Waals surface area (Å²) in [5, 5.41) is 7.23. The van der Waals surface area contributed by atoms with Crippen LogP contribution in [-0.2, 0) is 0 Å². The van der Waals surface area contributed by atoms with Crippen molar-refractivity contribution in [3.8, 4) is 0 Å². The van der Waals surface area contributed by atoms with Crippen LogP contribution in [0, 0.1) is 6.92 Å². The van der Waals surface area contributed by atoms with Gasteiger partial charge in [-0.05, 0) is 25.1 Å². The third-order valence-corrected chi connectivity index (χ3v) is 2.96. The zero-order valence-electron chi connectivity index (χ0n) is 11.0. The number of nitrogens with zero attached hydrogens (tertiary/aromatic N) is 1. The molecule has 1 aromatic heterocycles. The van der Waals surface area contributed by atoms with E-state index in [0.29, 0.717) is 27.7 Å². The maximum absolute atomic E-state index is 12.3. The largest absolute Gasteiger partial charge is 0.360 e. The first-order valence-corrected chi connectivity index (χ1v) is 6.40. The number of nitrogens with one attached hydrogen (secondary N) is 1. The maximum atomic E-state index is 12.3. The quantitative estimate of drug-likeness (QED) is 0.923. The second-order valence-electron chi connectivity index (χ2n) is 4.63. The molecule has 0 fully saturated rings. The Hall–Kier alpha value is -1.81. The molecule has 4 nitrogen and oxygen atoms in total. The zero-order chi connectivity index (χ0) is 14.0. The monoisotopic (exact) mass is 278 g/mol. The predicted octanol–water partition coefficient (Wildman–Crippen LogP) is 4.01. The van der Waals surface area contributed by atoms with Crippen molar-refractivity contribution in [1.29, 1.82) is 0 Å². The number of rotatable bonds is 3. The lowest BCUT2D eigenvalue weighted by Gasteiger charge is -2.07. The summed E-state index contributed by atoms with van der Waals surface area (Å²) in [5.41, 5.74) is 1.73. The lowest BCUT2D eigenvalue weighted by atomic mass is 10.0. The number of anilines is 1. The summed E-state index contributed by atoms with van der Waals surface area (Å²) in [7, 11) is 0. The van der Waals surface area contributed by atoms with Gasteiger partial charge in [0.15, 0.2) is 5.76 Å². The molecule has 1 aromatic carbocycles. The van der Waals surface area contributed by atoms with E-state index in [1.165, 1.54) is 0 Å². The number of carbonyl (C=O) groups excluding carboxylic acids is 1. The molecule has 0 spiro atoms. The van der Waals surface area contributed by atoms with Crippen LogP contribution in [0.1, 0.15) is 41.6 Å². The SMILES string of the molecule is Cc1noc(C(C)C)c1C(=O)Nc1cccc(Cl)c1. The normalized spacial score (nSPS) is 10.8. The fourth-order valence-electron chi connectivity index (χ4n) is 1.82. The molecule has 0 unspecified atom stereocenters. The molecule has 0 aliphatic heterocycles. The van der Waals surface area contributed by atoms with Crippen LogP contribution in [0.5, 0.6) is 0 Å².